The molecule has 1 rings (SSSR count). The van der Waals surface area contributed by atoms with Gasteiger partial charge in [0, 0.05) is 25.6 Å². The molecule has 0 aliphatic carbocycles. The lowest BCUT2D eigenvalue weighted by Gasteiger charge is -1.95. The molecule has 0 unspecified atom stereocenters. The molecule has 82 valence electrons. The first-order valence-electron chi connectivity index (χ1n) is 5.45. The van der Waals surface area contributed by atoms with Gasteiger partial charge in [-0.15, -0.1) is 0 Å². The third kappa shape index (κ3) is 5.96. The molecule has 0 amide bonds. The molecule has 0 aromatic carbocycles. The minimum atomic E-state index is 0.303. The highest BCUT2D eigenvalue weighted by Gasteiger charge is 1.88. The van der Waals surface area contributed by atoms with Gasteiger partial charge in [-0.2, -0.15) is 0 Å². The Balaban J connectivity index is 2.07. The molecule has 1 aromatic rings. The molecule has 0 fully saturated rings. The second kappa shape index (κ2) is 8.12. The molecule has 3 heteroatoms. The predicted octanol–water partition coefficient (Wildman–Crippen LogP) is 2.05. The van der Waals surface area contributed by atoms with Gasteiger partial charge in [-0.1, -0.05) is 18.9 Å². The van der Waals surface area contributed by atoms with Gasteiger partial charge in [0.2, 0.25) is 0 Å². The van der Waals surface area contributed by atoms with Crippen molar-refractivity contribution in [3.05, 3.63) is 30.1 Å². The van der Waals surface area contributed by atoms with Crippen molar-refractivity contribution >= 4 is 6.21 Å². The van der Waals surface area contributed by atoms with Gasteiger partial charge in [0.15, 0.2) is 0 Å². The number of hydrogen-bond acceptors (Lipinski definition) is 3. The Labute approximate surface area is 90.9 Å². The molecule has 0 spiro atoms. The van der Waals surface area contributed by atoms with Crippen LogP contribution in [0, 0.1) is 0 Å². The lowest BCUT2D eigenvalue weighted by molar-refractivity contribution is 0.282. The summed E-state index contributed by atoms with van der Waals surface area (Å²) in [5, 5.41) is 8.58. The van der Waals surface area contributed by atoms with E-state index in [9.17, 15) is 0 Å². The van der Waals surface area contributed by atoms with E-state index in [1.807, 2.05) is 24.4 Å². The Bertz CT molecular complexity index is 272. The third-order valence-corrected chi connectivity index (χ3v) is 2.11. The van der Waals surface area contributed by atoms with Gasteiger partial charge in [0.05, 0.1) is 5.69 Å². The maximum absolute atomic E-state index is 8.58. The van der Waals surface area contributed by atoms with Crippen molar-refractivity contribution in [3.8, 4) is 0 Å². The van der Waals surface area contributed by atoms with Gasteiger partial charge in [0.25, 0.3) is 0 Å². The molecule has 1 aromatic heterocycles. The van der Waals surface area contributed by atoms with Crippen molar-refractivity contribution in [3.63, 3.8) is 0 Å². The van der Waals surface area contributed by atoms with Crippen LogP contribution in [-0.4, -0.2) is 29.5 Å². The average molecular weight is 206 g/mol. The summed E-state index contributed by atoms with van der Waals surface area (Å²) in [6.45, 7) is 1.15. The van der Waals surface area contributed by atoms with Crippen molar-refractivity contribution < 1.29 is 5.11 Å². The number of hydrogen-bond donors (Lipinski definition) is 1. The van der Waals surface area contributed by atoms with Crippen molar-refractivity contribution in [1.82, 2.24) is 4.98 Å². The summed E-state index contributed by atoms with van der Waals surface area (Å²) < 4.78 is 0. The van der Waals surface area contributed by atoms with E-state index in [0.717, 1.165) is 37.9 Å². The van der Waals surface area contributed by atoms with Gasteiger partial charge in [-0.25, -0.2) is 0 Å². The van der Waals surface area contributed by atoms with E-state index < -0.39 is 0 Å². The Morgan fingerprint density at radius 1 is 1.20 bits per heavy atom. The summed E-state index contributed by atoms with van der Waals surface area (Å²) in [7, 11) is 0. The van der Waals surface area contributed by atoms with Gasteiger partial charge in [0.1, 0.15) is 0 Å². The normalized spacial score (nSPS) is 11.0. The molecule has 0 aliphatic heterocycles. The fourth-order valence-electron chi connectivity index (χ4n) is 1.28. The Hall–Kier alpha value is -1.22. The summed E-state index contributed by atoms with van der Waals surface area (Å²) in [5.74, 6) is 0. The van der Waals surface area contributed by atoms with Gasteiger partial charge < -0.3 is 5.11 Å². The third-order valence-electron chi connectivity index (χ3n) is 2.11. The SMILES string of the molecule is OCCCCCCN=Cc1ccccn1. The van der Waals surface area contributed by atoms with Crippen molar-refractivity contribution in [2.75, 3.05) is 13.2 Å². The predicted molar refractivity (Wildman–Crippen MR) is 62.3 cm³/mol. The molecular formula is C12H18N2O. The van der Waals surface area contributed by atoms with Crippen LogP contribution in [0.25, 0.3) is 0 Å². The average Bonchev–Trinajstić information content (AvgIpc) is 2.29. The first-order valence-corrected chi connectivity index (χ1v) is 5.45. The van der Waals surface area contributed by atoms with Crippen LogP contribution in [0.5, 0.6) is 0 Å². The Morgan fingerprint density at radius 3 is 2.80 bits per heavy atom. The summed E-state index contributed by atoms with van der Waals surface area (Å²) in [6, 6.07) is 5.79. The summed E-state index contributed by atoms with van der Waals surface area (Å²) >= 11 is 0. The second-order valence-corrected chi connectivity index (χ2v) is 3.43. The standard InChI is InChI=1S/C12H18N2O/c15-10-6-2-1-4-8-13-11-12-7-3-5-9-14-12/h3,5,7,9,11,15H,1-2,4,6,8,10H2. The molecule has 15 heavy (non-hydrogen) atoms. The first-order chi connectivity index (χ1) is 7.43. The zero-order chi connectivity index (χ0) is 10.8. The monoisotopic (exact) mass is 206 g/mol. The number of aliphatic hydroxyl groups is 1. The van der Waals surface area contributed by atoms with E-state index in [1.165, 1.54) is 0 Å². The van der Waals surface area contributed by atoms with E-state index in [2.05, 4.69) is 9.98 Å². The van der Waals surface area contributed by atoms with Crippen LogP contribution >= 0.6 is 0 Å². The Morgan fingerprint density at radius 2 is 2.07 bits per heavy atom. The fraction of sp³-hybridized carbons (Fsp3) is 0.500. The van der Waals surface area contributed by atoms with Crippen LogP contribution in [0.1, 0.15) is 31.4 Å². The number of unbranched alkanes of at least 4 members (excludes halogenated alkanes) is 3. The zero-order valence-electron chi connectivity index (χ0n) is 8.97. The van der Waals surface area contributed by atoms with Crippen LogP contribution in [0.2, 0.25) is 0 Å². The van der Waals surface area contributed by atoms with E-state index in [4.69, 9.17) is 5.11 Å². The molecule has 0 aliphatic rings. The lowest BCUT2D eigenvalue weighted by Crippen LogP contribution is -1.89. The topological polar surface area (TPSA) is 45.5 Å². The zero-order valence-corrected chi connectivity index (χ0v) is 8.97. The summed E-state index contributed by atoms with van der Waals surface area (Å²) in [5.41, 5.74) is 0.910. The van der Waals surface area contributed by atoms with Gasteiger partial charge >= 0.3 is 0 Å². The van der Waals surface area contributed by atoms with E-state index in [0.29, 0.717) is 6.61 Å². The smallest absolute Gasteiger partial charge is 0.0807 e. The van der Waals surface area contributed by atoms with Crippen LogP contribution in [-0.2, 0) is 0 Å². The lowest BCUT2D eigenvalue weighted by atomic mass is 10.2. The molecule has 3 nitrogen and oxygen atoms in total. The van der Waals surface area contributed by atoms with E-state index in [1.54, 1.807) is 6.20 Å². The molecule has 0 saturated heterocycles. The maximum Gasteiger partial charge on any atom is 0.0807 e. The molecule has 0 atom stereocenters. The minimum absolute atomic E-state index is 0.303. The summed E-state index contributed by atoms with van der Waals surface area (Å²) in [4.78, 5) is 8.43. The molecule has 0 bridgehead atoms. The highest BCUT2D eigenvalue weighted by atomic mass is 16.2. The number of aromatic nitrogens is 1. The highest BCUT2D eigenvalue weighted by Crippen LogP contribution is 1.99. The van der Waals surface area contributed by atoms with Crippen LogP contribution in [0.3, 0.4) is 0 Å². The largest absolute Gasteiger partial charge is 0.396 e. The van der Waals surface area contributed by atoms with Crippen LogP contribution in [0.4, 0.5) is 0 Å². The quantitative estimate of drug-likeness (QED) is 0.548. The molecule has 1 N–H and O–H groups in total. The minimum Gasteiger partial charge on any atom is -0.396 e. The summed E-state index contributed by atoms with van der Waals surface area (Å²) in [6.07, 6.45) is 7.80. The van der Waals surface area contributed by atoms with Crippen LogP contribution in [0.15, 0.2) is 29.4 Å². The molecular weight excluding hydrogens is 188 g/mol. The number of pyridine rings is 1. The molecule has 0 radical (unpaired) electrons. The van der Waals surface area contributed by atoms with E-state index in [-0.39, 0.29) is 0 Å². The first kappa shape index (κ1) is 11.9. The molecule has 0 saturated carbocycles. The van der Waals surface area contributed by atoms with Crippen molar-refractivity contribution in [2.45, 2.75) is 25.7 Å². The number of aliphatic imine (C=N–C) groups is 1. The van der Waals surface area contributed by atoms with Crippen LogP contribution < -0.4 is 0 Å². The maximum atomic E-state index is 8.58. The van der Waals surface area contributed by atoms with E-state index >= 15 is 0 Å². The highest BCUT2D eigenvalue weighted by molar-refractivity contribution is 5.76. The van der Waals surface area contributed by atoms with Gasteiger partial charge in [-0.3, -0.25) is 9.98 Å². The van der Waals surface area contributed by atoms with Crippen molar-refractivity contribution in [1.29, 1.82) is 0 Å². The number of aliphatic hydroxyl groups excluding tert-OH is 1. The Kier molecular flexibility index (Phi) is 6.41. The van der Waals surface area contributed by atoms with Gasteiger partial charge in [-0.05, 0) is 25.0 Å². The number of rotatable bonds is 7. The molecule has 1 heterocycles. The fourth-order valence-corrected chi connectivity index (χ4v) is 1.28. The number of nitrogens with zero attached hydrogens (tertiary/aromatic N) is 2. The second-order valence-electron chi connectivity index (χ2n) is 3.43. The van der Waals surface area contributed by atoms with Crippen molar-refractivity contribution in [2.24, 2.45) is 4.99 Å².